The van der Waals surface area contributed by atoms with Crippen molar-refractivity contribution >= 4 is 36.8 Å². The molecule has 3 aromatic carbocycles. The molecule has 0 atom stereocenters. The molecule has 8 nitrogen and oxygen atoms in total. The molecule has 45 heavy (non-hydrogen) atoms. The summed E-state index contributed by atoms with van der Waals surface area (Å²) in [4.78, 5) is 23.8. The maximum atomic E-state index is 11.9. The van der Waals surface area contributed by atoms with Crippen molar-refractivity contribution in [1.82, 2.24) is 14.5 Å². The minimum absolute atomic E-state index is 0.00946. The Hall–Kier alpha value is -4.47. The summed E-state index contributed by atoms with van der Waals surface area (Å²) < 4.78 is 14.9. The molecule has 0 bridgehead atoms. The first-order valence-corrected chi connectivity index (χ1v) is 19.5. The number of carbonyl (C=O) groups is 1. The van der Waals surface area contributed by atoms with E-state index in [0.29, 0.717) is 25.4 Å². The van der Waals surface area contributed by atoms with Crippen LogP contribution in [0.3, 0.4) is 0 Å². The van der Waals surface area contributed by atoms with E-state index in [1.807, 2.05) is 18.2 Å². The van der Waals surface area contributed by atoms with Gasteiger partial charge < -0.3 is 19.7 Å². The predicted octanol–water partition coefficient (Wildman–Crippen LogP) is 7.65. The molecule has 0 fully saturated rings. The molecule has 5 aromatic rings. The van der Waals surface area contributed by atoms with Crippen LogP contribution in [0.15, 0.2) is 79.0 Å². The fraction of sp³-hybridized carbons (Fsp3) is 0.306. The molecule has 0 saturated heterocycles. The third-order valence-corrected chi connectivity index (χ3v) is 10.3. The Morgan fingerprint density at radius 2 is 1.78 bits per heavy atom. The quantitative estimate of drug-likeness (QED) is 0.135. The summed E-state index contributed by atoms with van der Waals surface area (Å²) in [5.74, 6) is 3.02. The lowest BCUT2D eigenvalue weighted by molar-refractivity contribution is -0.116. The fourth-order valence-corrected chi connectivity index (χ4v) is 6.83. The lowest BCUT2D eigenvalue weighted by atomic mass is 9.99. The van der Waals surface area contributed by atoms with E-state index in [0.717, 1.165) is 71.8 Å². The Balaban J connectivity index is 1.17. The van der Waals surface area contributed by atoms with Crippen molar-refractivity contribution in [3.63, 3.8) is 0 Å². The minimum Gasteiger partial charge on any atom is -0.457 e. The van der Waals surface area contributed by atoms with E-state index in [-0.39, 0.29) is 5.91 Å². The number of carbonyl (C=O) groups excluding carboxylic acids is 1. The standard InChI is InChI=1S/C36H39N5O3Si/c1-45(2,3)20-19-43-24-41-32-13-10-27(25-7-5-4-6-8-25)22-31(32)38-36(41)40-18-16-26-9-11-29(21-28(26)23-40)44-33-15-17-37-35-30(33)12-14-34(42)39-35/h4-11,13,15,17,21-22H,12,14,16,18-20,23-24H2,1-3H3,(H,37,39,42). The highest BCUT2D eigenvalue weighted by molar-refractivity contribution is 6.76. The van der Waals surface area contributed by atoms with Crippen molar-refractivity contribution in [3.05, 3.63) is 95.7 Å². The zero-order chi connectivity index (χ0) is 31.0. The van der Waals surface area contributed by atoms with Crippen LogP contribution in [0.5, 0.6) is 11.5 Å². The highest BCUT2D eigenvalue weighted by atomic mass is 28.3. The van der Waals surface area contributed by atoms with Crippen LogP contribution in [-0.4, -0.2) is 41.7 Å². The van der Waals surface area contributed by atoms with Crippen LogP contribution in [0, 0.1) is 0 Å². The maximum Gasteiger partial charge on any atom is 0.225 e. The number of nitrogens with zero attached hydrogens (tertiary/aromatic N) is 4. The summed E-state index contributed by atoms with van der Waals surface area (Å²) in [6.07, 6.45) is 3.65. The lowest BCUT2D eigenvalue weighted by Crippen LogP contribution is -2.33. The third kappa shape index (κ3) is 6.36. The van der Waals surface area contributed by atoms with Gasteiger partial charge in [0.15, 0.2) is 0 Å². The number of pyridine rings is 1. The van der Waals surface area contributed by atoms with Crippen molar-refractivity contribution in [2.45, 2.75) is 58.2 Å². The molecule has 230 valence electrons. The van der Waals surface area contributed by atoms with Crippen LogP contribution < -0.4 is 15.0 Å². The van der Waals surface area contributed by atoms with E-state index in [9.17, 15) is 4.79 Å². The van der Waals surface area contributed by atoms with Gasteiger partial charge in [-0.1, -0.05) is 62.1 Å². The molecule has 2 aromatic heterocycles. The van der Waals surface area contributed by atoms with Gasteiger partial charge in [0.05, 0.1) is 11.0 Å². The largest absolute Gasteiger partial charge is 0.457 e. The summed E-state index contributed by atoms with van der Waals surface area (Å²) in [5, 5.41) is 2.86. The number of hydrogen-bond donors (Lipinski definition) is 1. The lowest BCUT2D eigenvalue weighted by Gasteiger charge is -2.30. The summed E-state index contributed by atoms with van der Waals surface area (Å²) in [6, 6.07) is 26.3. The zero-order valence-corrected chi connectivity index (χ0v) is 27.2. The molecule has 2 aliphatic heterocycles. The Morgan fingerprint density at radius 3 is 2.62 bits per heavy atom. The first-order chi connectivity index (χ1) is 21.8. The van der Waals surface area contributed by atoms with Crippen LogP contribution in [0.4, 0.5) is 11.8 Å². The number of imidazole rings is 1. The van der Waals surface area contributed by atoms with Gasteiger partial charge in [0, 0.05) is 46.0 Å². The summed E-state index contributed by atoms with van der Waals surface area (Å²) in [6.45, 7) is 9.95. The van der Waals surface area contributed by atoms with E-state index >= 15 is 0 Å². The number of aromatic nitrogens is 3. The van der Waals surface area contributed by atoms with Gasteiger partial charge >= 0.3 is 0 Å². The molecule has 2 aliphatic rings. The molecule has 7 rings (SSSR count). The molecule has 9 heteroatoms. The van der Waals surface area contributed by atoms with Crippen LogP contribution >= 0.6 is 0 Å². The zero-order valence-electron chi connectivity index (χ0n) is 26.2. The van der Waals surface area contributed by atoms with Gasteiger partial charge in [0.1, 0.15) is 24.0 Å². The monoisotopic (exact) mass is 617 g/mol. The molecule has 1 N–H and O–H groups in total. The molecule has 4 heterocycles. The van der Waals surface area contributed by atoms with E-state index in [4.69, 9.17) is 14.5 Å². The molecule has 0 unspecified atom stereocenters. The number of fused-ring (bicyclic) bond motifs is 3. The normalized spacial score (nSPS) is 14.6. The number of benzene rings is 3. The maximum absolute atomic E-state index is 11.9. The molecular weight excluding hydrogens is 579 g/mol. The third-order valence-electron chi connectivity index (χ3n) is 8.63. The Bertz CT molecular complexity index is 1860. The van der Waals surface area contributed by atoms with Crippen LogP contribution in [0.1, 0.15) is 23.1 Å². The van der Waals surface area contributed by atoms with Crippen LogP contribution in [0.25, 0.3) is 22.2 Å². The minimum atomic E-state index is -1.20. The second kappa shape index (κ2) is 12.1. The van der Waals surface area contributed by atoms with E-state index in [1.54, 1.807) is 6.20 Å². The first-order valence-electron chi connectivity index (χ1n) is 15.8. The number of hydrogen-bond acceptors (Lipinski definition) is 6. The van der Waals surface area contributed by atoms with E-state index in [1.165, 1.54) is 16.7 Å². The topological polar surface area (TPSA) is 81.5 Å². The fourth-order valence-electron chi connectivity index (χ4n) is 6.08. The van der Waals surface area contributed by atoms with Gasteiger partial charge in [-0.15, -0.1) is 0 Å². The summed E-state index contributed by atoms with van der Waals surface area (Å²) >= 11 is 0. The van der Waals surface area contributed by atoms with E-state index in [2.05, 4.69) is 94.0 Å². The second-order valence-corrected chi connectivity index (χ2v) is 18.8. The smallest absolute Gasteiger partial charge is 0.225 e. The van der Waals surface area contributed by atoms with Crippen molar-refractivity contribution in [1.29, 1.82) is 0 Å². The van der Waals surface area contributed by atoms with Gasteiger partial charge in [0.2, 0.25) is 11.9 Å². The van der Waals surface area contributed by atoms with Crippen molar-refractivity contribution in [2.24, 2.45) is 0 Å². The van der Waals surface area contributed by atoms with Crippen molar-refractivity contribution in [3.8, 4) is 22.6 Å². The Kier molecular flexibility index (Phi) is 7.89. The Morgan fingerprint density at radius 1 is 0.911 bits per heavy atom. The average Bonchev–Trinajstić information content (AvgIpc) is 3.40. The Labute approximate surface area is 265 Å². The van der Waals surface area contributed by atoms with Crippen molar-refractivity contribution < 1.29 is 14.3 Å². The van der Waals surface area contributed by atoms with Gasteiger partial charge in [-0.05, 0) is 71.5 Å². The van der Waals surface area contributed by atoms with Gasteiger partial charge in [-0.25, -0.2) is 9.97 Å². The SMILES string of the molecule is C[Si](C)(C)CCOCn1c(N2CCc3ccc(Oc4ccnc5c4CCC(=O)N5)cc3C2)nc2cc(-c3ccccc3)ccc21. The number of rotatable bonds is 9. The average molecular weight is 618 g/mol. The predicted molar refractivity (Wildman–Crippen MR) is 182 cm³/mol. The number of ether oxygens (including phenoxy) is 2. The molecule has 0 spiro atoms. The van der Waals surface area contributed by atoms with E-state index < -0.39 is 8.07 Å². The summed E-state index contributed by atoms with van der Waals surface area (Å²) in [5.41, 5.74) is 7.87. The molecule has 1 amide bonds. The molecule has 0 aliphatic carbocycles. The first kappa shape index (κ1) is 29.2. The van der Waals surface area contributed by atoms with Crippen LogP contribution in [0.2, 0.25) is 25.7 Å². The number of nitrogens with one attached hydrogen (secondary N) is 1. The van der Waals surface area contributed by atoms with Gasteiger partial charge in [-0.2, -0.15) is 0 Å². The highest BCUT2D eigenvalue weighted by Gasteiger charge is 2.25. The van der Waals surface area contributed by atoms with Crippen molar-refractivity contribution in [2.75, 3.05) is 23.4 Å². The second-order valence-electron chi connectivity index (χ2n) is 13.1. The van der Waals surface area contributed by atoms with Gasteiger partial charge in [0.25, 0.3) is 0 Å². The van der Waals surface area contributed by atoms with Gasteiger partial charge in [-0.3, -0.25) is 9.36 Å². The number of amides is 1. The number of anilines is 2. The van der Waals surface area contributed by atoms with Crippen LogP contribution in [-0.2, 0) is 35.6 Å². The molecule has 0 radical (unpaired) electrons. The molecule has 0 saturated carbocycles. The summed E-state index contributed by atoms with van der Waals surface area (Å²) in [7, 11) is -1.20. The highest BCUT2D eigenvalue weighted by Crippen LogP contribution is 2.35. The molecular formula is C36H39N5O3Si.